The number of rotatable bonds is 2. The number of ether oxygens (including phenoxy) is 1. The molecule has 0 N–H and O–H groups in total. The Bertz CT molecular complexity index is 885. The molecular formula is C14H12ClN7O. The van der Waals surface area contributed by atoms with Crippen molar-refractivity contribution in [2.24, 2.45) is 4.99 Å². The second-order valence-electron chi connectivity index (χ2n) is 5.01. The molecule has 116 valence electrons. The monoisotopic (exact) mass is 329 g/mol. The third kappa shape index (κ3) is 2.41. The van der Waals surface area contributed by atoms with E-state index in [1.165, 1.54) is 6.33 Å². The van der Waals surface area contributed by atoms with Crippen molar-refractivity contribution in [3.63, 3.8) is 0 Å². The van der Waals surface area contributed by atoms with Crippen molar-refractivity contribution < 1.29 is 4.74 Å². The largest absolute Gasteiger partial charge is 0.378 e. The van der Waals surface area contributed by atoms with Crippen LogP contribution >= 0.6 is 11.6 Å². The Hall–Kier alpha value is -2.58. The highest BCUT2D eigenvalue weighted by molar-refractivity contribution is 6.30. The van der Waals surface area contributed by atoms with Gasteiger partial charge in [0.25, 0.3) is 0 Å². The number of methoxy groups -OCH3 is 1. The van der Waals surface area contributed by atoms with E-state index in [2.05, 4.69) is 20.4 Å². The molecule has 3 aromatic rings. The topological polar surface area (TPSA) is 83.0 Å². The number of aliphatic imine (C=N–C) groups is 1. The Morgan fingerprint density at radius 2 is 2.26 bits per heavy atom. The van der Waals surface area contributed by atoms with Gasteiger partial charge in [0.15, 0.2) is 0 Å². The quantitative estimate of drug-likeness (QED) is 0.715. The van der Waals surface area contributed by atoms with Crippen LogP contribution in [0.2, 0.25) is 5.02 Å². The van der Waals surface area contributed by atoms with Gasteiger partial charge in [0.05, 0.1) is 30.1 Å². The maximum Gasteiger partial charge on any atom is 0.138 e. The molecule has 0 atom stereocenters. The van der Waals surface area contributed by atoms with Crippen LogP contribution < -0.4 is 0 Å². The molecule has 1 aliphatic heterocycles. The van der Waals surface area contributed by atoms with Gasteiger partial charge in [0, 0.05) is 12.1 Å². The van der Waals surface area contributed by atoms with E-state index >= 15 is 0 Å². The van der Waals surface area contributed by atoms with Crippen molar-refractivity contribution >= 4 is 23.1 Å². The second-order valence-corrected chi connectivity index (χ2v) is 5.44. The average molecular weight is 330 g/mol. The predicted molar refractivity (Wildman–Crippen MR) is 83.3 cm³/mol. The standard InChI is InChI=1S/C14H12ClN7O/c1-23-6-11-13-5-14(21-8-16-7-17-21)18-10-3-2-9(15)4-12(10)22(13)20-19-11/h2-4,7-8H,5-6H2,1H3. The molecule has 0 bridgehead atoms. The molecule has 3 heterocycles. The predicted octanol–water partition coefficient (Wildman–Crippen LogP) is 1.79. The summed E-state index contributed by atoms with van der Waals surface area (Å²) in [6.45, 7) is 0.371. The lowest BCUT2D eigenvalue weighted by Gasteiger charge is -2.06. The zero-order valence-corrected chi connectivity index (χ0v) is 13.0. The Morgan fingerprint density at radius 1 is 1.35 bits per heavy atom. The summed E-state index contributed by atoms with van der Waals surface area (Å²) in [5, 5.41) is 13.2. The summed E-state index contributed by atoms with van der Waals surface area (Å²) < 4.78 is 8.60. The van der Waals surface area contributed by atoms with Crippen LogP contribution in [0.25, 0.3) is 5.69 Å². The molecule has 0 spiro atoms. The van der Waals surface area contributed by atoms with Crippen molar-refractivity contribution in [3.05, 3.63) is 47.3 Å². The van der Waals surface area contributed by atoms with Gasteiger partial charge in [-0.3, -0.25) is 0 Å². The molecule has 8 nitrogen and oxygen atoms in total. The van der Waals surface area contributed by atoms with E-state index in [1.54, 1.807) is 28.9 Å². The van der Waals surface area contributed by atoms with Gasteiger partial charge in [0.1, 0.15) is 24.2 Å². The minimum absolute atomic E-state index is 0.371. The summed E-state index contributed by atoms with van der Waals surface area (Å²) in [4.78, 5) is 8.69. The summed E-state index contributed by atoms with van der Waals surface area (Å²) in [5.74, 6) is 0.726. The van der Waals surface area contributed by atoms with Crippen LogP contribution in [0.4, 0.5) is 5.69 Å². The highest BCUT2D eigenvalue weighted by atomic mass is 35.5. The molecule has 0 saturated heterocycles. The van der Waals surface area contributed by atoms with Crippen LogP contribution in [-0.4, -0.2) is 42.7 Å². The van der Waals surface area contributed by atoms with E-state index in [1.807, 2.05) is 12.1 Å². The van der Waals surface area contributed by atoms with E-state index in [-0.39, 0.29) is 0 Å². The minimum atomic E-state index is 0.371. The van der Waals surface area contributed by atoms with Gasteiger partial charge in [-0.2, -0.15) is 5.10 Å². The number of aromatic nitrogens is 6. The first-order chi connectivity index (χ1) is 11.3. The van der Waals surface area contributed by atoms with Crippen LogP contribution in [0.1, 0.15) is 11.4 Å². The molecule has 2 aromatic heterocycles. The third-order valence-corrected chi connectivity index (χ3v) is 3.78. The van der Waals surface area contributed by atoms with Crippen molar-refractivity contribution in [1.29, 1.82) is 0 Å². The van der Waals surface area contributed by atoms with Gasteiger partial charge in [0.2, 0.25) is 0 Å². The smallest absolute Gasteiger partial charge is 0.138 e. The lowest BCUT2D eigenvalue weighted by Crippen LogP contribution is -2.17. The molecule has 0 aliphatic carbocycles. The van der Waals surface area contributed by atoms with Gasteiger partial charge in [-0.25, -0.2) is 19.3 Å². The van der Waals surface area contributed by atoms with Crippen LogP contribution in [0, 0.1) is 0 Å². The summed E-state index contributed by atoms with van der Waals surface area (Å²) in [6, 6.07) is 5.46. The Balaban J connectivity index is 1.95. The van der Waals surface area contributed by atoms with Crippen LogP contribution in [0.3, 0.4) is 0 Å². The third-order valence-electron chi connectivity index (χ3n) is 3.55. The van der Waals surface area contributed by atoms with Crippen LogP contribution in [-0.2, 0) is 17.8 Å². The Kier molecular flexibility index (Phi) is 3.40. The number of hydrogen-bond acceptors (Lipinski definition) is 6. The van der Waals surface area contributed by atoms with Crippen molar-refractivity contribution in [2.75, 3.05) is 7.11 Å². The molecule has 1 aromatic carbocycles. The SMILES string of the molecule is COCc1nnn2c1CC(n1cncn1)=Nc1ccc(Cl)cc1-2. The fourth-order valence-corrected chi connectivity index (χ4v) is 2.68. The zero-order valence-electron chi connectivity index (χ0n) is 12.2. The molecular weight excluding hydrogens is 318 g/mol. The van der Waals surface area contributed by atoms with Gasteiger partial charge >= 0.3 is 0 Å². The summed E-state index contributed by atoms with van der Waals surface area (Å²) in [7, 11) is 1.62. The lowest BCUT2D eigenvalue weighted by atomic mass is 10.2. The maximum atomic E-state index is 6.14. The Labute approximate surface area is 136 Å². The van der Waals surface area contributed by atoms with Crippen LogP contribution in [0.15, 0.2) is 35.8 Å². The highest BCUT2D eigenvalue weighted by Gasteiger charge is 2.23. The first-order valence-electron chi connectivity index (χ1n) is 6.91. The number of hydrogen-bond donors (Lipinski definition) is 0. The molecule has 4 rings (SSSR count). The molecule has 0 amide bonds. The highest BCUT2D eigenvalue weighted by Crippen LogP contribution is 2.31. The van der Waals surface area contributed by atoms with Gasteiger partial charge in [-0.05, 0) is 18.2 Å². The fraction of sp³-hybridized carbons (Fsp3) is 0.214. The number of fused-ring (bicyclic) bond motifs is 3. The zero-order chi connectivity index (χ0) is 15.8. The molecule has 0 saturated carbocycles. The first-order valence-corrected chi connectivity index (χ1v) is 7.29. The molecule has 9 heteroatoms. The van der Waals surface area contributed by atoms with Crippen molar-refractivity contribution in [2.45, 2.75) is 13.0 Å². The fourth-order valence-electron chi connectivity index (χ4n) is 2.51. The molecule has 0 fully saturated rings. The van der Waals surface area contributed by atoms with Crippen molar-refractivity contribution in [3.8, 4) is 5.69 Å². The van der Waals surface area contributed by atoms with Gasteiger partial charge in [-0.1, -0.05) is 16.8 Å². The average Bonchev–Trinajstić information content (AvgIpc) is 3.17. The lowest BCUT2D eigenvalue weighted by molar-refractivity contribution is 0.180. The summed E-state index contributed by atoms with van der Waals surface area (Å²) >= 11 is 6.14. The number of halogens is 1. The van der Waals surface area contributed by atoms with Gasteiger partial charge < -0.3 is 4.74 Å². The normalized spacial score (nSPS) is 13.2. The first kappa shape index (κ1) is 14.0. The molecule has 0 unspecified atom stereocenters. The van der Waals surface area contributed by atoms with E-state index in [9.17, 15) is 0 Å². The summed E-state index contributed by atoms with van der Waals surface area (Å²) in [6.07, 6.45) is 3.59. The number of nitrogens with zero attached hydrogens (tertiary/aromatic N) is 7. The van der Waals surface area contributed by atoms with Crippen LogP contribution in [0.5, 0.6) is 0 Å². The number of benzene rings is 1. The van der Waals surface area contributed by atoms with Gasteiger partial charge in [-0.15, -0.1) is 5.10 Å². The second kappa shape index (κ2) is 5.56. The molecule has 1 aliphatic rings. The molecule has 0 radical (unpaired) electrons. The Morgan fingerprint density at radius 3 is 3.04 bits per heavy atom. The maximum absolute atomic E-state index is 6.14. The minimum Gasteiger partial charge on any atom is -0.378 e. The summed E-state index contributed by atoms with van der Waals surface area (Å²) in [5.41, 5.74) is 3.17. The van der Waals surface area contributed by atoms with E-state index < -0.39 is 0 Å². The van der Waals surface area contributed by atoms with E-state index in [0.29, 0.717) is 18.1 Å². The van der Waals surface area contributed by atoms with E-state index in [4.69, 9.17) is 21.3 Å². The molecule has 23 heavy (non-hydrogen) atoms. The van der Waals surface area contributed by atoms with E-state index in [0.717, 1.165) is 28.6 Å². The van der Waals surface area contributed by atoms with Crippen molar-refractivity contribution in [1.82, 2.24) is 29.8 Å².